The molecule has 3 aliphatic rings. The van der Waals surface area contributed by atoms with Crippen molar-refractivity contribution in [2.75, 3.05) is 53.7 Å². The molecule has 0 bridgehead atoms. The highest BCUT2D eigenvalue weighted by atomic mass is 16.5. The summed E-state index contributed by atoms with van der Waals surface area (Å²) >= 11 is 0. The molecule has 7 N–H and O–H groups in total. The number of phenols is 3. The minimum Gasteiger partial charge on any atom is -0.508 e. The lowest BCUT2D eigenvalue weighted by molar-refractivity contribution is -0.135. The summed E-state index contributed by atoms with van der Waals surface area (Å²) in [5.41, 5.74) is 4.53. The minimum atomic E-state index is -1.06. The van der Waals surface area contributed by atoms with Gasteiger partial charge in [0.25, 0.3) is 0 Å². The van der Waals surface area contributed by atoms with Gasteiger partial charge in [-0.1, -0.05) is 18.2 Å². The van der Waals surface area contributed by atoms with E-state index in [9.17, 15) is 30.6 Å². The maximum absolute atomic E-state index is 13.0. The number of aromatic hydroxyl groups is 3. The van der Waals surface area contributed by atoms with Crippen LogP contribution in [0.2, 0.25) is 0 Å². The van der Waals surface area contributed by atoms with E-state index < -0.39 is 36.3 Å². The monoisotopic (exact) mass is 907 g/mol. The molecule has 8 rings (SSSR count). The summed E-state index contributed by atoms with van der Waals surface area (Å²) in [5, 5.41) is 69.3. The first-order valence-corrected chi connectivity index (χ1v) is 23.5. The smallest absolute Gasteiger partial charge is 0.133 e. The Balaban J connectivity index is 1.25. The zero-order valence-electron chi connectivity index (χ0n) is 38.0. The molecule has 0 aromatic heterocycles. The predicted molar refractivity (Wildman–Crippen MR) is 251 cm³/mol. The Bertz CT molecular complexity index is 2390. The minimum absolute atomic E-state index is 0.0376. The number of benzene rings is 5. The SMILES string of the molecule is CNC[C@H](CCO)O[C@H]1c2cc(OCCCCO)c3cc(O)ccc3c2O[C@@H](CCCOC)[C@H]1[C@H]1COc2c(Cc3cc(O)ccc3-c3cccc(O)c3)cc(OC3CCCC3)cc2[C@H]1O. The van der Waals surface area contributed by atoms with Gasteiger partial charge in [-0.2, -0.15) is 0 Å². The Hall–Kier alpha value is -5.28. The molecule has 13 nitrogen and oxygen atoms in total. The Morgan fingerprint density at radius 2 is 1.59 bits per heavy atom. The Morgan fingerprint density at radius 1 is 0.788 bits per heavy atom. The molecule has 5 aromatic rings. The zero-order valence-corrected chi connectivity index (χ0v) is 38.0. The van der Waals surface area contributed by atoms with E-state index in [0.717, 1.165) is 58.9 Å². The van der Waals surface area contributed by atoms with Crippen LogP contribution >= 0.6 is 0 Å². The highest BCUT2D eigenvalue weighted by Crippen LogP contribution is 2.55. The molecule has 1 saturated carbocycles. The normalized spacial score (nSPS) is 20.9. The molecular formula is C53H65NO12. The third-order valence-electron chi connectivity index (χ3n) is 13.3. The highest BCUT2D eigenvalue weighted by Gasteiger charge is 2.50. The molecule has 1 aliphatic carbocycles. The number of fused-ring (bicyclic) bond motifs is 4. The van der Waals surface area contributed by atoms with E-state index in [1.54, 1.807) is 49.6 Å². The molecule has 2 heterocycles. The van der Waals surface area contributed by atoms with Gasteiger partial charge in [0.15, 0.2) is 0 Å². The molecule has 5 aromatic carbocycles. The van der Waals surface area contributed by atoms with Gasteiger partial charge in [-0.15, -0.1) is 0 Å². The largest absolute Gasteiger partial charge is 0.508 e. The second kappa shape index (κ2) is 22.0. The van der Waals surface area contributed by atoms with Crippen LogP contribution in [0.15, 0.2) is 78.9 Å². The van der Waals surface area contributed by atoms with Gasteiger partial charge in [0.1, 0.15) is 46.4 Å². The van der Waals surface area contributed by atoms with Crippen LogP contribution in [0.3, 0.4) is 0 Å². The number of unbranched alkanes of at least 4 members (excludes halogenated alkanes) is 1. The standard InChI is InChI=1S/C53H65NO12/c1-54-30-39(18-20-56)65-53-45-29-48(62-22-6-5-19-55)43-27-37(59)15-17-42(43)52(45)66-47(13-8-21-61-2)49(53)46-31-63-51-34(26-40(28-44(51)50(46)60)64-38-11-3-4-12-38)23-33-25-36(58)14-16-41(33)32-9-7-10-35(57)24-32/h7,9-10,14-17,24-29,38-39,46-47,49-50,53-60H,3-6,8,11-13,18-23,30-31H2,1-2H3/t39-,46+,47-,49+,50+,53-/m0/s1. The van der Waals surface area contributed by atoms with Gasteiger partial charge >= 0.3 is 0 Å². The lowest BCUT2D eigenvalue weighted by atomic mass is 9.72. The van der Waals surface area contributed by atoms with Crippen molar-refractivity contribution < 1.29 is 59.1 Å². The molecule has 354 valence electrons. The summed E-state index contributed by atoms with van der Waals surface area (Å²) in [6.07, 6.45) is 4.54. The van der Waals surface area contributed by atoms with E-state index in [2.05, 4.69) is 5.32 Å². The number of hydrogen-bond donors (Lipinski definition) is 7. The van der Waals surface area contributed by atoms with Crippen LogP contribution in [-0.2, 0) is 15.9 Å². The predicted octanol–water partition coefficient (Wildman–Crippen LogP) is 8.26. The number of methoxy groups -OCH3 is 1. The zero-order chi connectivity index (χ0) is 46.2. The molecule has 2 aliphatic heterocycles. The fourth-order valence-electron chi connectivity index (χ4n) is 10.2. The second-order valence-electron chi connectivity index (χ2n) is 17.9. The molecule has 0 amide bonds. The van der Waals surface area contributed by atoms with Gasteiger partial charge in [-0.25, -0.2) is 0 Å². The van der Waals surface area contributed by atoms with Crippen LogP contribution in [0, 0.1) is 11.8 Å². The van der Waals surface area contributed by atoms with Crippen LogP contribution in [0.4, 0.5) is 0 Å². The number of likely N-dealkylation sites (N-methyl/N-ethyl adjacent to an activating group) is 1. The molecule has 0 radical (unpaired) electrons. The number of hydrogen-bond acceptors (Lipinski definition) is 13. The summed E-state index contributed by atoms with van der Waals surface area (Å²) in [7, 11) is 3.51. The molecule has 1 fully saturated rings. The number of phenolic OH excluding ortho intramolecular Hbond substituents is 3. The van der Waals surface area contributed by atoms with Gasteiger partial charge < -0.3 is 64.4 Å². The Morgan fingerprint density at radius 3 is 2.36 bits per heavy atom. The van der Waals surface area contributed by atoms with Gasteiger partial charge in [0, 0.05) is 79.2 Å². The van der Waals surface area contributed by atoms with Crippen LogP contribution in [0.25, 0.3) is 21.9 Å². The van der Waals surface area contributed by atoms with Crippen LogP contribution < -0.4 is 24.3 Å². The number of aliphatic hydroxyl groups excluding tert-OH is 3. The quantitative estimate of drug-likeness (QED) is 0.0349. The number of ether oxygens (including phenoxy) is 6. The second-order valence-corrected chi connectivity index (χ2v) is 17.9. The van der Waals surface area contributed by atoms with E-state index in [1.165, 1.54) is 0 Å². The summed E-state index contributed by atoms with van der Waals surface area (Å²) in [6.45, 7) is 1.35. The molecule has 0 saturated heterocycles. The first-order chi connectivity index (χ1) is 32.2. The third kappa shape index (κ3) is 10.6. The van der Waals surface area contributed by atoms with E-state index >= 15 is 0 Å². The number of rotatable bonds is 21. The Labute approximate surface area is 386 Å². The first kappa shape index (κ1) is 47.2. The van der Waals surface area contributed by atoms with Crippen molar-refractivity contribution in [2.24, 2.45) is 11.8 Å². The first-order valence-electron chi connectivity index (χ1n) is 23.5. The maximum atomic E-state index is 13.0. The third-order valence-corrected chi connectivity index (χ3v) is 13.3. The van der Waals surface area contributed by atoms with Crippen molar-refractivity contribution in [3.8, 4) is 51.4 Å². The van der Waals surface area contributed by atoms with E-state index in [4.69, 9.17) is 28.4 Å². The number of nitrogens with one attached hydrogen (secondary N) is 1. The van der Waals surface area contributed by atoms with Gasteiger partial charge in [-0.05, 0) is 142 Å². The fraction of sp³-hybridized carbons (Fsp3) is 0.472. The lowest BCUT2D eigenvalue weighted by Gasteiger charge is -2.47. The van der Waals surface area contributed by atoms with E-state index in [0.29, 0.717) is 92.2 Å². The fourth-order valence-corrected chi connectivity index (χ4v) is 10.2. The van der Waals surface area contributed by atoms with Gasteiger partial charge in [0.05, 0.1) is 37.6 Å². The highest BCUT2D eigenvalue weighted by molar-refractivity contribution is 5.96. The van der Waals surface area contributed by atoms with Crippen molar-refractivity contribution in [3.63, 3.8) is 0 Å². The molecule has 13 heteroatoms. The van der Waals surface area contributed by atoms with Crippen molar-refractivity contribution in [2.45, 2.75) is 94.7 Å². The van der Waals surface area contributed by atoms with Crippen LogP contribution in [0.5, 0.6) is 40.2 Å². The van der Waals surface area contributed by atoms with Crippen molar-refractivity contribution in [3.05, 3.63) is 101 Å². The molecular weight excluding hydrogens is 843 g/mol. The van der Waals surface area contributed by atoms with E-state index in [-0.39, 0.29) is 43.2 Å². The molecule has 66 heavy (non-hydrogen) atoms. The van der Waals surface area contributed by atoms with Crippen LogP contribution in [-0.4, -0.2) is 103 Å². The summed E-state index contributed by atoms with van der Waals surface area (Å²) < 4.78 is 39.9. The molecule has 6 atom stereocenters. The van der Waals surface area contributed by atoms with Gasteiger partial charge in [0.2, 0.25) is 0 Å². The summed E-state index contributed by atoms with van der Waals surface area (Å²) in [5.74, 6) is 1.56. The molecule has 0 spiro atoms. The summed E-state index contributed by atoms with van der Waals surface area (Å²) in [4.78, 5) is 0. The van der Waals surface area contributed by atoms with E-state index in [1.807, 2.05) is 43.4 Å². The van der Waals surface area contributed by atoms with Crippen molar-refractivity contribution >= 4 is 10.8 Å². The average molecular weight is 908 g/mol. The Kier molecular flexibility index (Phi) is 15.7. The summed E-state index contributed by atoms with van der Waals surface area (Å²) in [6, 6.07) is 23.2. The number of aliphatic hydroxyl groups is 3. The average Bonchev–Trinajstić information content (AvgIpc) is 3.82. The lowest BCUT2D eigenvalue weighted by Crippen LogP contribution is -2.48. The van der Waals surface area contributed by atoms with Crippen LogP contribution in [0.1, 0.15) is 92.2 Å². The maximum Gasteiger partial charge on any atom is 0.133 e. The van der Waals surface area contributed by atoms with Crippen molar-refractivity contribution in [1.29, 1.82) is 0 Å². The topological polar surface area (TPSA) is 189 Å². The van der Waals surface area contributed by atoms with Crippen molar-refractivity contribution in [1.82, 2.24) is 5.32 Å². The molecule has 0 unspecified atom stereocenters. The van der Waals surface area contributed by atoms with Gasteiger partial charge in [-0.3, -0.25) is 0 Å².